The van der Waals surface area contributed by atoms with Gasteiger partial charge in [0.25, 0.3) is 5.91 Å². The lowest BCUT2D eigenvalue weighted by Gasteiger charge is -2.17. The Morgan fingerprint density at radius 2 is 2.38 bits per heavy atom. The highest BCUT2D eigenvalue weighted by atomic mass is 32.1. The van der Waals surface area contributed by atoms with E-state index in [1.54, 1.807) is 5.51 Å². The first-order valence-corrected chi connectivity index (χ1v) is 6.63. The summed E-state index contributed by atoms with van der Waals surface area (Å²) in [6.45, 7) is 1.69. The summed E-state index contributed by atoms with van der Waals surface area (Å²) in [5, 5.41) is 1.82. The number of fused-ring (bicyclic) bond motifs is 1. The van der Waals surface area contributed by atoms with Crippen molar-refractivity contribution >= 4 is 17.2 Å². The first-order chi connectivity index (χ1) is 7.75. The summed E-state index contributed by atoms with van der Waals surface area (Å²) < 4.78 is 0. The number of nitrogens with zero attached hydrogens (tertiary/aromatic N) is 2. The second-order valence-electron chi connectivity index (χ2n) is 4.75. The molecule has 0 aromatic carbocycles. The normalized spacial score (nSPS) is 33.1. The zero-order chi connectivity index (χ0) is 11.1. The number of amides is 1. The second-order valence-corrected chi connectivity index (χ2v) is 5.47. The molecule has 1 aliphatic heterocycles. The minimum Gasteiger partial charge on any atom is -0.337 e. The van der Waals surface area contributed by atoms with E-state index in [-0.39, 0.29) is 5.91 Å². The highest BCUT2D eigenvalue weighted by molar-refractivity contribution is 7.07. The van der Waals surface area contributed by atoms with Gasteiger partial charge in [0, 0.05) is 24.5 Å². The van der Waals surface area contributed by atoms with Crippen molar-refractivity contribution in [2.24, 2.45) is 17.6 Å². The first kappa shape index (κ1) is 10.2. The van der Waals surface area contributed by atoms with Crippen molar-refractivity contribution in [1.29, 1.82) is 0 Å². The Kier molecular flexibility index (Phi) is 2.44. The highest BCUT2D eigenvalue weighted by Crippen LogP contribution is 2.37. The van der Waals surface area contributed by atoms with E-state index in [0.717, 1.165) is 19.5 Å². The summed E-state index contributed by atoms with van der Waals surface area (Å²) in [4.78, 5) is 18.1. The molecular weight excluding hydrogens is 222 g/mol. The molecule has 16 heavy (non-hydrogen) atoms. The van der Waals surface area contributed by atoms with Crippen LogP contribution in [0.4, 0.5) is 0 Å². The van der Waals surface area contributed by atoms with Crippen LogP contribution in [-0.2, 0) is 0 Å². The Hall–Kier alpha value is -0.940. The fourth-order valence-electron chi connectivity index (χ4n) is 2.95. The molecule has 3 rings (SSSR count). The van der Waals surface area contributed by atoms with Crippen LogP contribution < -0.4 is 5.73 Å². The van der Waals surface area contributed by atoms with Gasteiger partial charge in [-0.05, 0) is 24.7 Å². The Morgan fingerprint density at radius 1 is 1.50 bits per heavy atom. The number of rotatable bonds is 1. The number of hydrogen-bond acceptors (Lipinski definition) is 4. The zero-order valence-electron chi connectivity index (χ0n) is 9.00. The number of carbonyl (C=O) groups excluding carboxylic acids is 1. The van der Waals surface area contributed by atoms with E-state index in [2.05, 4.69) is 4.98 Å². The molecule has 0 unspecified atom stereocenters. The maximum absolute atomic E-state index is 12.1. The van der Waals surface area contributed by atoms with E-state index in [4.69, 9.17) is 5.73 Å². The topological polar surface area (TPSA) is 59.2 Å². The highest BCUT2D eigenvalue weighted by Gasteiger charge is 2.42. The smallest absolute Gasteiger partial charge is 0.273 e. The van der Waals surface area contributed by atoms with Gasteiger partial charge in [0.15, 0.2) is 0 Å². The molecular formula is C11H15N3OS. The van der Waals surface area contributed by atoms with Crippen LogP contribution in [0.5, 0.6) is 0 Å². The molecule has 2 N–H and O–H groups in total. The average Bonchev–Trinajstić information content (AvgIpc) is 2.96. The van der Waals surface area contributed by atoms with E-state index in [0.29, 0.717) is 23.6 Å². The van der Waals surface area contributed by atoms with Gasteiger partial charge in [0.1, 0.15) is 5.69 Å². The summed E-state index contributed by atoms with van der Waals surface area (Å²) in [5.41, 5.74) is 8.34. The monoisotopic (exact) mass is 237 g/mol. The number of aromatic nitrogens is 1. The van der Waals surface area contributed by atoms with Crippen molar-refractivity contribution in [2.45, 2.75) is 18.9 Å². The molecule has 0 bridgehead atoms. The summed E-state index contributed by atoms with van der Waals surface area (Å²) in [7, 11) is 0. The molecule has 5 heteroatoms. The standard InChI is InChI=1S/C11H15N3OS/c12-9-2-1-7-3-14(4-8(7)9)11(15)10-5-16-6-13-10/h5-9H,1-4,12H2/t7-,8+,9+/m0/s1. The fourth-order valence-corrected chi connectivity index (χ4v) is 3.48. The third kappa shape index (κ3) is 1.55. The van der Waals surface area contributed by atoms with Gasteiger partial charge in [0.2, 0.25) is 0 Å². The van der Waals surface area contributed by atoms with Crippen LogP contribution in [0.25, 0.3) is 0 Å². The summed E-state index contributed by atoms with van der Waals surface area (Å²) in [5.74, 6) is 1.21. The van der Waals surface area contributed by atoms with Crippen molar-refractivity contribution in [3.63, 3.8) is 0 Å². The third-order valence-electron chi connectivity index (χ3n) is 3.85. The molecule has 3 atom stereocenters. The molecule has 1 aromatic rings. The molecule has 1 amide bonds. The predicted molar refractivity (Wildman–Crippen MR) is 62.2 cm³/mol. The van der Waals surface area contributed by atoms with Gasteiger partial charge in [-0.3, -0.25) is 4.79 Å². The van der Waals surface area contributed by atoms with Crippen LogP contribution in [-0.4, -0.2) is 34.9 Å². The first-order valence-electron chi connectivity index (χ1n) is 5.69. The van der Waals surface area contributed by atoms with Gasteiger partial charge in [-0.25, -0.2) is 4.98 Å². The van der Waals surface area contributed by atoms with E-state index < -0.39 is 0 Å². The van der Waals surface area contributed by atoms with E-state index in [9.17, 15) is 4.79 Å². The molecule has 1 aromatic heterocycles. The quantitative estimate of drug-likeness (QED) is 0.791. The van der Waals surface area contributed by atoms with Crippen LogP contribution in [0.2, 0.25) is 0 Å². The molecule has 0 radical (unpaired) electrons. The molecule has 0 spiro atoms. The number of thiazole rings is 1. The van der Waals surface area contributed by atoms with Crippen molar-refractivity contribution in [1.82, 2.24) is 9.88 Å². The van der Waals surface area contributed by atoms with E-state index >= 15 is 0 Å². The SMILES string of the molecule is N[C@@H]1CC[C@H]2CN(C(=O)c3cscn3)C[C@H]21. The molecule has 2 aliphatic rings. The molecule has 1 aliphatic carbocycles. The van der Waals surface area contributed by atoms with Crippen LogP contribution in [0, 0.1) is 11.8 Å². The number of likely N-dealkylation sites (tertiary alicyclic amines) is 1. The lowest BCUT2D eigenvalue weighted by atomic mass is 9.98. The predicted octanol–water partition coefficient (Wildman–Crippen LogP) is 0.952. The number of carbonyl (C=O) groups is 1. The lowest BCUT2D eigenvalue weighted by Crippen LogP contribution is -2.33. The Labute approximate surface area is 98.5 Å². The number of nitrogens with two attached hydrogens (primary N) is 1. The Morgan fingerprint density at radius 3 is 3.06 bits per heavy atom. The summed E-state index contributed by atoms with van der Waals surface area (Å²) >= 11 is 1.47. The van der Waals surface area contributed by atoms with Gasteiger partial charge in [-0.1, -0.05) is 0 Å². The van der Waals surface area contributed by atoms with Crippen molar-refractivity contribution in [3.05, 3.63) is 16.6 Å². The van der Waals surface area contributed by atoms with E-state index in [1.165, 1.54) is 17.8 Å². The lowest BCUT2D eigenvalue weighted by molar-refractivity contribution is 0.0774. The zero-order valence-corrected chi connectivity index (χ0v) is 9.82. The molecule has 1 saturated carbocycles. The maximum atomic E-state index is 12.1. The van der Waals surface area contributed by atoms with Gasteiger partial charge >= 0.3 is 0 Å². The molecule has 2 heterocycles. The Balaban J connectivity index is 1.73. The molecule has 4 nitrogen and oxygen atoms in total. The van der Waals surface area contributed by atoms with Gasteiger partial charge < -0.3 is 10.6 Å². The van der Waals surface area contributed by atoms with Gasteiger partial charge in [-0.15, -0.1) is 11.3 Å². The summed E-state index contributed by atoms with van der Waals surface area (Å²) in [6.07, 6.45) is 2.29. The molecule has 86 valence electrons. The van der Waals surface area contributed by atoms with Crippen LogP contribution in [0.15, 0.2) is 10.9 Å². The minimum atomic E-state index is 0.0721. The minimum absolute atomic E-state index is 0.0721. The number of hydrogen-bond donors (Lipinski definition) is 1. The van der Waals surface area contributed by atoms with Gasteiger partial charge in [-0.2, -0.15) is 0 Å². The molecule has 2 fully saturated rings. The largest absolute Gasteiger partial charge is 0.337 e. The van der Waals surface area contributed by atoms with Crippen LogP contribution in [0.3, 0.4) is 0 Å². The summed E-state index contributed by atoms with van der Waals surface area (Å²) in [6, 6.07) is 0.290. The van der Waals surface area contributed by atoms with Crippen LogP contribution in [0.1, 0.15) is 23.3 Å². The van der Waals surface area contributed by atoms with E-state index in [1.807, 2.05) is 10.3 Å². The second kappa shape index (κ2) is 3.82. The van der Waals surface area contributed by atoms with Crippen molar-refractivity contribution in [2.75, 3.05) is 13.1 Å². The van der Waals surface area contributed by atoms with Crippen LogP contribution >= 0.6 is 11.3 Å². The third-order valence-corrected chi connectivity index (χ3v) is 4.44. The van der Waals surface area contributed by atoms with Gasteiger partial charge in [0.05, 0.1) is 5.51 Å². The Bertz CT molecular complexity index is 392. The van der Waals surface area contributed by atoms with Crippen molar-refractivity contribution in [3.8, 4) is 0 Å². The maximum Gasteiger partial charge on any atom is 0.273 e. The van der Waals surface area contributed by atoms with Crippen molar-refractivity contribution < 1.29 is 4.79 Å². The molecule has 1 saturated heterocycles. The fraction of sp³-hybridized carbons (Fsp3) is 0.636. The average molecular weight is 237 g/mol.